The fraction of sp³-hybridized carbons (Fsp3) is 0.280. The summed E-state index contributed by atoms with van der Waals surface area (Å²) in [5, 5.41) is 5.98. The Hall–Kier alpha value is -3.58. The normalized spacial score (nSPS) is 14.7. The number of rotatable bonds is 5. The highest BCUT2D eigenvalue weighted by Crippen LogP contribution is 2.20. The van der Waals surface area contributed by atoms with Crippen LogP contribution in [0.3, 0.4) is 0 Å². The van der Waals surface area contributed by atoms with Crippen LogP contribution in [0.4, 0.5) is 5.69 Å². The zero-order chi connectivity index (χ0) is 22.5. The first-order valence-corrected chi connectivity index (χ1v) is 10.8. The molecule has 0 aliphatic carbocycles. The van der Waals surface area contributed by atoms with Gasteiger partial charge in [0.05, 0.1) is 17.6 Å². The SMILES string of the molecule is Cc1ncc(-c2cccc(C(=O)NC3CCN(C)CC3)c2)nc1C(=O)Nc1ccccc1.[HH].[HH].[HH]. The molecule has 7 heteroatoms. The predicted octanol–water partition coefficient (Wildman–Crippen LogP) is 4.27. The van der Waals surface area contributed by atoms with Crippen LogP contribution in [0.1, 0.15) is 43.7 Å². The maximum absolute atomic E-state index is 12.8. The van der Waals surface area contributed by atoms with Gasteiger partial charge in [-0.05, 0) is 64.2 Å². The molecule has 1 aliphatic heterocycles. The number of para-hydroxylation sites is 1. The summed E-state index contributed by atoms with van der Waals surface area (Å²) in [6, 6.07) is 16.7. The third-order valence-electron chi connectivity index (χ3n) is 5.68. The molecule has 2 amide bonds. The van der Waals surface area contributed by atoms with E-state index in [4.69, 9.17) is 0 Å². The Balaban J connectivity index is 0.00000204. The Labute approximate surface area is 192 Å². The van der Waals surface area contributed by atoms with Crippen molar-refractivity contribution in [2.75, 3.05) is 25.5 Å². The van der Waals surface area contributed by atoms with Gasteiger partial charge in [0.25, 0.3) is 11.8 Å². The fourth-order valence-corrected chi connectivity index (χ4v) is 3.76. The number of nitrogens with zero attached hydrogens (tertiary/aromatic N) is 3. The van der Waals surface area contributed by atoms with Gasteiger partial charge < -0.3 is 15.5 Å². The summed E-state index contributed by atoms with van der Waals surface area (Å²) in [5.74, 6) is -0.414. The van der Waals surface area contributed by atoms with E-state index in [0.29, 0.717) is 22.6 Å². The minimum atomic E-state index is -0.320. The van der Waals surface area contributed by atoms with Gasteiger partial charge in [-0.1, -0.05) is 30.3 Å². The topological polar surface area (TPSA) is 87.2 Å². The minimum absolute atomic E-state index is 0. The number of aryl methyl sites for hydroxylation is 1. The lowest BCUT2D eigenvalue weighted by Crippen LogP contribution is -2.43. The van der Waals surface area contributed by atoms with E-state index in [1.807, 2.05) is 42.5 Å². The van der Waals surface area contributed by atoms with Gasteiger partial charge in [0.15, 0.2) is 0 Å². The Bertz CT molecular complexity index is 1120. The summed E-state index contributed by atoms with van der Waals surface area (Å²) >= 11 is 0. The Morgan fingerprint density at radius 2 is 1.78 bits per heavy atom. The van der Waals surface area contributed by atoms with Crippen molar-refractivity contribution in [2.24, 2.45) is 0 Å². The number of nitrogens with one attached hydrogen (secondary N) is 2. The van der Waals surface area contributed by atoms with Crippen LogP contribution in [0.5, 0.6) is 0 Å². The molecule has 1 aliphatic rings. The molecule has 1 fully saturated rings. The molecule has 0 spiro atoms. The minimum Gasteiger partial charge on any atom is -0.349 e. The van der Waals surface area contributed by atoms with Gasteiger partial charge in [-0.15, -0.1) is 0 Å². The van der Waals surface area contributed by atoms with Crippen LogP contribution >= 0.6 is 0 Å². The molecule has 1 aromatic heterocycles. The zero-order valence-corrected chi connectivity index (χ0v) is 18.3. The van der Waals surface area contributed by atoms with E-state index >= 15 is 0 Å². The van der Waals surface area contributed by atoms with Crippen LogP contribution in [0.25, 0.3) is 11.3 Å². The number of anilines is 1. The Kier molecular flexibility index (Phi) is 6.56. The molecular formula is C25H33N5O2. The summed E-state index contributed by atoms with van der Waals surface area (Å²) < 4.78 is 0. The van der Waals surface area contributed by atoms with Gasteiger partial charge >= 0.3 is 0 Å². The highest BCUT2D eigenvalue weighted by atomic mass is 16.2. The summed E-state index contributed by atoms with van der Waals surface area (Å²) in [5.41, 5.74) is 3.34. The first-order valence-electron chi connectivity index (χ1n) is 10.8. The van der Waals surface area contributed by atoms with Gasteiger partial charge in [-0.25, -0.2) is 4.98 Å². The molecule has 0 saturated carbocycles. The lowest BCUT2D eigenvalue weighted by molar-refractivity contribution is 0.0916. The van der Waals surface area contributed by atoms with Crippen LogP contribution in [0, 0.1) is 6.92 Å². The quantitative estimate of drug-likeness (QED) is 0.625. The molecule has 2 aromatic carbocycles. The molecular weight excluding hydrogens is 402 g/mol. The van der Waals surface area contributed by atoms with Gasteiger partial charge in [0, 0.05) is 27.1 Å². The van der Waals surface area contributed by atoms with Crippen molar-refractivity contribution in [1.29, 1.82) is 0 Å². The van der Waals surface area contributed by atoms with E-state index in [0.717, 1.165) is 31.5 Å². The molecule has 0 radical (unpaired) electrons. The van der Waals surface area contributed by atoms with Crippen molar-refractivity contribution in [3.05, 3.63) is 77.7 Å². The number of piperidine rings is 1. The number of hydrogen-bond acceptors (Lipinski definition) is 5. The van der Waals surface area contributed by atoms with Crippen molar-refractivity contribution in [1.82, 2.24) is 20.2 Å². The molecule has 170 valence electrons. The number of carbonyl (C=O) groups is 2. The van der Waals surface area contributed by atoms with Gasteiger partial charge in [-0.2, -0.15) is 0 Å². The van der Waals surface area contributed by atoms with E-state index in [9.17, 15) is 9.59 Å². The number of likely N-dealkylation sites (tertiary alicyclic amines) is 1. The van der Waals surface area contributed by atoms with Crippen LogP contribution in [-0.2, 0) is 0 Å². The first kappa shape index (κ1) is 21.6. The molecule has 1 saturated heterocycles. The molecule has 2 heterocycles. The van der Waals surface area contributed by atoms with Crippen LogP contribution in [-0.4, -0.2) is 52.9 Å². The van der Waals surface area contributed by atoms with Crippen molar-refractivity contribution >= 4 is 17.5 Å². The molecule has 2 N–H and O–H groups in total. The first-order chi connectivity index (χ1) is 15.5. The average molecular weight is 436 g/mol. The maximum Gasteiger partial charge on any atom is 0.276 e. The highest BCUT2D eigenvalue weighted by Gasteiger charge is 2.20. The van der Waals surface area contributed by atoms with E-state index in [1.54, 1.807) is 25.3 Å². The third kappa shape index (κ3) is 5.18. The second-order valence-electron chi connectivity index (χ2n) is 8.14. The summed E-state index contributed by atoms with van der Waals surface area (Å²) in [4.78, 5) is 36.7. The molecule has 0 bridgehead atoms. The van der Waals surface area contributed by atoms with Gasteiger partial charge in [-0.3, -0.25) is 14.6 Å². The van der Waals surface area contributed by atoms with Crippen molar-refractivity contribution in [2.45, 2.75) is 25.8 Å². The number of hydrogen-bond donors (Lipinski definition) is 2. The fourth-order valence-electron chi connectivity index (χ4n) is 3.76. The van der Waals surface area contributed by atoms with Crippen LogP contribution in [0.2, 0.25) is 0 Å². The van der Waals surface area contributed by atoms with E-state index in [-0.39, 0.29) is 27.8 Å². The van der Waals surface area contributed by atoms with Crippen molar-refractivity contribution < 1.29 is 13.9 Å². The standard InChI is InChI=1S/C25H27N5O2.3H2/c1-17-23(25(32)28-20-9-4-3-5-10-20)29-22(16-26-17)18-7-6-8-19(15-18)24(31)27-21-11-13-30(2)14-12-21;;;/h3-10,15-16,21H,11-14H2,1-2H3,(H,27,31)(H,28,32);3*1H. The molecule has 4 rings (SSSR count). The van der Waals surface area contributed by atoms with Crippen molar-refractivity contribution in [3.8, 4) is 11.3 Å². The molecule has 0 unspecified atom stereocenters. The Morgan fingerprint density at radius 1 is 1.03 bits per heavy atom. The molecule has 3 aromatic rings. The monoisotopic (exact) mass is 435 g/mol. The maximum atomic E-state index is 12.8. The highest BCUT2D eigenvalue weighted by molar-refractivity contribution is 6.03. The number of amides is 2. The second kappa shape index (κ2) is 9.70. The number of benzene rings is 2. The lowest BCUT2D eigenvalue weighted by Gasteiger charge is -2.29. The van der Waals surface area contributed by atoms with Crippen LogP contribution in [0.15, 0.2) is 60.8 Å². The number of carbonyl (C=O) groups excluding carboxylic acids is 2. The number of aromatic nitrogens is 2. The van der Waals surface area contributed by atoms with Gasteiger partial charge in [0.2, 0.25) is 0 Å². The average Bonchev–Trinajstić information content (AvgIpc) is 2.81. The van der Waals surface area contributed by atoms with E-state index < -0.39 is 0 Å². The molecule has 7 nitrogen and oxygen atoms in total. The summed E-state index contributed by atoms with van der Waals surface area (Å²) in [6.07, 6.45) is 3.53. The summed E-state index contributed by atoms with van der Waals surface area (Å²) in [6.45, 7) is 3.72. The molecule has 0 atom stereocenters. The van der Waals surface area contributed by atoms with Crippen molar-refractivity contribution in [3.63, 3.8) is 0 Å². The third-order valence-corrected chi connectivity index (χ3v) is 5.68. The molecule has 32 heavy (non-hydrogen) atoms. The predicted molar refractivity (Wildman–Crippen MR) is 131 cm³/mol. The van der Waals surface area contributed by atoms with Gasteiger partial charge in [0.1, 0.15) is 5.69 Å². The van der Waals surface area contributed by atoms with E-state index in [2.05, 4.69) is 32.5 Å². The Morgan fingerprint density at radius 3 is 2.53 bits per heavy atom. The largest absolute Gasteiger partial charge is 0.349 e. The zero-order valence-electron chi connectivity index (χ0n) is 18.3. The second-order valence-corrected chi connectivity index (χ2v) is 8.14. The van der Waals surface area contributed by atoms with E-state index in [1.165, 1.54) is 0 Å². The summed E-state index contributed by atoms with van der Waals surface area (Å²) in [7, 11) is 2.10. The smallest absolute Gasteiger partial charge is 0.276 e. The van der Waals surface area contributed by atoms with Crippen LogP contribution < -0.4 is 10.6 Å². The lowest BCUT2D eigenvalue weighted by atomic mass is 10.0.